The summed E-state index contributed by atoms with van der Waals surface area (Å²) in [5.41, 5.74) is 1.23. The summed E-state index contributed by atoms with van der Waals surface area (Å²) in [5.74, 6) is 0.0660. The Morgan fingerprint density at radius 1 is 1.29 bits per heavy atom. The zero-order valence-corrected chi connectivity index (χ0v) is 16.8. The number of methoxy groups -OCH3 is 1. The number of benzene rings is 1. The summed E-state index contributed by atoms with van der Waals surface area (Å²) in [5, 5.41) is 2.47. The number of amides is 3. The summed E-state index contributed by atoms with van der Waals surface area (Å²) in [6.07, 6.45) is 1.02. The van der Waals surface area contributed by atoms with Gasteiger partial charge in [-0.3, -0.25) is 14.6 Å². The predicted molar refractivity (Wildman–Crippen MR) is 109 cm³/mol. The van der Waals surface area contributed by atoms with Gasteiger partial charge in [0.05, 0.1) is 25.9 Å². The number of anilines is 2. The van der Waals surface area contributed by atoms with Crippen LogP contribution in [0, 0.1) is 5.82 Å². The third-order valence-electron chi connectivity index (χ3n) is 5.21. The fourth-order valence-electron chi connectivity index (χ4n) is 3.61. The second kappa shape index (κ2) is 8.58. The highest BCUT2D eigenvalue weighted by molar-refractivity contribution is 5.94. The monoisotopic (exact) mass is 428 g/mol. The molecule has 2 aromatic rings. The molecule has 3 amide bonds. The number of pyridine rings is 1. The van der Waals surface area contributed by atoms with E-state index in [9.17, 15) is 18.8 Å². The number of nitrogens with zero attached hydrogens (tertiary/aromatic N) is 3. The maximum absolute atomic E-state index is 14.8. The number of carbonyl (C=O) groups is 3. The van der Waals surface area contributed by atoms with Gasteiger partial charge in [-0.25, -0.2) is 19.0 Å². The van der Waals surface area contributed by atoms with E-state index in [0.29, 0.717) is 35.6 Å². The van der Waals surface area contributed by atoms with Crippen molar-refractivity contribution >= 4 is 29.6 Å². The van der Waals surface area contributed by atoms with Crippen molar-refractivity contribution in [2.75, 3.05) is 36.5 Å². The lowest BCUT2D eigenvalue weighted by Gasteiger charge is -2.16. The van der Waals surface area contributed by atoms with E-state index < -0.39 is 24.1 Å². The minimum absolute atomic E-state index is 0.0355. The van der Waals surface area contributed by atoms with Crippen molar-refractivity contribution in [3.8, 4) is 11.1 Å². The number of ether oxygens (including phenoxy) is 2. The first kappa shape index (κ1) is 20.6. The molecule has 3 heterocycles. The molecule has 1 atom stereocenters. The molecule has 2 fully saturated rings. The molecule has 2 aliphatic rings. The van der Waals surface area contributed by atoms with E-state index in [-0.39, 0.29) is 19.0 Å². The summed E-state index contributed by atoms with van der Waals surface area (Å²) in [6.45, 7) is 0.894. The fraction of sp³-hybridized carbons (Fsp3) is 0.333. The minimum Gasteiger partial charge on any atom is -0.453 e. The van der Waals surface area contributed by atoms with Gasteiger partial charge in [-0.2, -0.15) is 0 Å². The van der Waals surface area contributed by atoms with Crippen LogP contribution < -0.4 is 15.1 Å². The standard InChI is InChI=1S/C21H21FN4O5/c1-30-20(28)24-11-15-12-26(21(29)31-15)14-5-6-16(17(22)9-14)13-4-7-18(23-10-13)25-8-2-3-19(25)27/h4-7,9-10,15H,2-3,8,11-12H2,1H3,(H,24,28)/t15-/m0/s1. The Kier molecular flexibility index (Phi) is 5.70. The molecule has 0 radical (unpaired) electrons. The van der Waals surface area contributed by atoms with Crippen LogP contribution in [0.1, 0.15) is 12.8 Å². The van der Waals surface area contributed by atoms with Crippen molar-refractivity contribution in [3.05, 3.63) is 42.3 Å². The van der Waals surface area contributed by atoms with Crippen LogP contribution in [0.3, 0.4) is 0 Å². The van der Waals surface area contributed by atoms with E-state index in [1.165, 1.54) is 24.3 Å². The Morgan fingerprint density at radius 2 is 2.13 bits per heavy atom. The van der Waals surface area contributed by atoms with E-state index in [1.807, 2.05) is 0 Å². The van der Waals surface area contributed by atoms with Gasteiger partial charge in [0.1, 0.15) is 17.7 Å². The van der Waals surface area contributed by atoms with Gasteiger partial charge in [0.2, 0.25) is 5.91 Å². The summed E-state index contributed by atoms with van der Waals surface area (Å²) >= 11 is 0. The molecule has 0 saturated carbocycles. The van der Waals surface area contributed by atoms with Crippen LogP contribution in [-0.2, 0) is 14.3 Å². The third-order valence-corrected chi connectivity index (χ3v) is 5.21. The summed E-state index contributed by atoms with van der Waals surface area (Å²) < 4.78 is 24.5. The Morgan fingerprint density at radius 3 is 2.77 bits per heavy atom. The van der Waals surface area contributed by atoms with Gasteiger partial charge in [0.25, 0.3) is 0 Å². The van der Waals surface area contributed by atoms with Crippen molar-refractivity contribution in [3.63, 3.8) is 0 Å². The fourth-order valence-corrected chi connectivity index (χ4v) is 3.61. The minimum atomic E-state index is -0.626. The van der Waals surface area contributed by atoms with Crippen LogP contribution in [-0.4, -0.2) is 55.9 Å². The maximum Gasteiger partial charge on any atom is 0.414 e. The average Bonchev–Trinajstić information content (AvgIpc) is 3.37. The molecule has 0 bridgehead atoms. The van der Waals surface area contributed by atoms with Gasteiger partial charge in [-0.1, -0.05) is 0 Å². The highest BCUT2D eigenvalue weighted by Crippen LogP contribution is 2.30. The Balaban J connectivity index is 1.46. The molecule has 2 aliphatic heterocycles. The van der Waals surface area contributed by atoms with Gasteiger partial charge in [0, 0.05) is 30.3 Å². The molecule has 1 aromatic carbocycles. The lowest BCUT2D eigenvalue weighted by molar-refractivity contribution is -0.117. The number of hydrogen-bond acceptors (Lipinski definition) is 6. The second-order valence-electron chi connectivity index (χ2n) is 7.21. The van der Waals surface area contributed by atoms with E-state index in [0.717, 1.165) is 6.42 Å². The average molecular weight is 428 g/mol. The van der Waals surface area contributed by atoms with Crippen molar-refractivity contribution in [2.45, 2.75) is 18.9 Å². The molecule has 31 heavy (non-hydrogen) atoms. The number of aromatic nitrogens is 1. The van der Waals surface area contributed by atoms with E-state index in [4.69, 9.17) is 4.74 Å². The van der Waals surface area contributed by atoms with Gasteiger partial charge in [-0.15, -0.1) is 0 Å². The molecule has 0 unspecified atom stereocenters. The summed E-state index contributed by atoms with van der Waals surface area (Å²) in [7, 11) is 1.24. The van der Waals surface area contributed by atoms with Crippen LogP contribution in [0.25, 0.3) is 11.1 Å². The van der Waals surface area contributed by atoms with Crippen LogP contribution in [0.4, 0.5) is 25.5 Å². The number of alkyl carbamates (subject to hydrolysis) is 1. The van der Waals surface area contributed by atoms with Gasteiger partial charge in [-0.05, 0) is 36.8 Å². The first-order valence-corrected chi connectivity index (χ1v) is 9.82. The number of carbonyl (C=O) groups excluding carboxylic acids is 3. The summed E-state index contributed by atoms with van der Waals surface area (Å²) in [4.78, 5) is 42.4. The Labute approximate surface area is 177 Å². The van der Waals surface area contributed by atoms with Gasteiger partial charge in [0.15, 0.2) is 0 Å². The number of hydrogen-bond donors (Lipinski definition) is 1. The third kappa shape index (κ3) is 4.27. The smallest absolute Gasteiger partial charge is 0.414 e. The molecule has 1 N–H and O–H groups in total. The first-order chi connectivity index (χ1) is 15.0. The molecular weight excluding hydrogens is 407 g/mol. The highest BCUT2D eigenvalue weighted by Gasteiger charge is 2.33. The molecular formula is C21H21FN4O5. The molecule has 10 heteroatoms. The first-order valence-electron chi connectivity index (χ1n) is 9.82. The summed E-state index contributed by atoms with van der Waals surface area (Å²) in [6, 6.07) is 7.85. The SMILES string of the molecule is COC(=O)NC[C@H]1CN(c2ccc(-c3ccc(N4CCCC4=O)nc3)c(F)c2)C(=O)O1. The molecule has 2 saturated heterocycles. The van der Waals surface area contributed by atoms with Gasteiger partial charge < -0.3 is 14.8 Å². The van der Waals surface area contributed by atoms with Crippen LogP contribution in [0.5, 0.6) is 0 Å². The van der Waals surface area contributed by atoms with E-state index >= 15 is 0 Å². The van der Waals surface area contributed by atoms with E-state index in [2.05, 4.69) is 15.0 Å². The Bertz CT molecular complexity index is 1010. The topological polar surface area (TPSA) is 101 Å². The largest absolute Gasteiger partial charge is 0.453 e. The molecule has 0 aliphatic carbocycles. The molecule has 1 aromatic heterocycles. The molecule has 4 rings (SSSR count). The van der Waals surface area contributed by atoms with Crippen molar-refractivity contribution in [1.29, 1.82) is 0 Å². The lowest BCUT2D eigenvalue weighted by Crippen LogP contribution is -2.34. The highest BCUT2D eigenvalue weighted by atomic mass is 19.1. The predicted octanol–water partition coefficient (Wildman–Crippen LogP) is 2.70. The van der Waals surface area contributed by atoms with Crippen LogP contribution >= 0.6 is 0 Å². The lowest BCUT2D eigenvalue weighted by atomic mass is 10.1. The normalized spacial score (nSPS) is 18.3. The van der Waals surface area contributed by atoms with Crippen LogP contribution in [0.2, 0.25) is 0 Å². The number of rotatable bonds is 5. The number of cyclic esters (lactones) is 1. The molecule has 162 valence electrons. The quantitative estimate of drug-likeness (QED) is 0.786. The van der Waals surface area contributed by atoms with Gasteiger partial charge >= 0.3 is 12.2 Å². The molecule has 9 nitrogen and oxygen atoms in total. The van der Waals surface area contributed by atoms with Crippen molar-refractivity contribution in [2.24, 2.45) is 0 Å². The van der Waals surface area contributed by atoms with E-state index in [1.54, 1.807) is 29.2 Å². The molecule has 0 spiro atoms. The zero-order chi connectivity index (χ0) is 22.0. The van der Waals surface area contributed by atoms with Crippen molar-refractivity contribution < 1.29 is 28.2 Å². The number of halogens is 1. The Hall–Kier alpha value is -3.69. The maximum atomic E-state index is 14.8. The zero-order valence-electron chi connectivity index (χ0n) is 16.8. The number of nitrogens with one attached hydrogen (secondary N) is 1. The second-order valence-corrected chi connectivity index (χ2v) is 7.21. The van der Waals surface area contributed by atoms with Crippen LogP contribution in [0.15, 0.2) is 36.5 Å². The van der Waals surface area contributed by atoms with Crippen molar-refractivity contribution in [1.82, 2.24) is 10.3 Å².